The molecule has 3 rings (SSSR count). The van der Waals surface area contributed by atoms with Crippen molar-refractivity contribution in [3.05, 3.63) is 60.7 Å². The first-order valence-corrected chi connectivity index (χ1v) is 9.13. The normalized spacial score (nSPS) is 10.6. The summed E-state index contributed by atoms with van der Waals surface area (Å²) in [5.74, 6) is 1.19. The second-order valence-corrected chi connectivity index (χ2v) is 6.31. The molecule has 0 saturated carbocycles. The third kappa shape index (κ3) is 4.28. The van der Waals surface area contributed by atoms with E-state index in [4.69, 9.17) is 4.74 Å². The van der Waals surface area contributed by atoms with Gasteiger partial charge in [-0.15, -0.1) is 10.2 Å². The summed E-state index contributed by atoms with van der Waals surface area (Å²) in [6.07, 6.45) is 0.348. The number of para-hydroxylation sites is 1. The fourth-order valence-corrected chi connectivity index (χ4v) is 3.28. The van der Waals surface area contributed by atoms with Crippen LogP contribution in [0.4, 0.5) is 0 Å². The number of hydrogen-bond donors (Lipinski definition) is 0. The van der Waals surface area contributed by atoms with Gasteiger partial charge in [0, 0.05) is 17.0 Å². The minimum atomic E-state index is -0.191. The first kappa shape index (κ1) is 17.2. The van der Waals surface area contributed by atoms with Crippen LogP contribution in [0.1, 0.15) is 13.3 Å². The summed E-state index contributed by atoms with van der Waals surface area (Å²) in [6, 6.07) is 19.9. The van der Waals surface area contributed by atoms with Crippen molar-refractivity contribution in [2.24, 2.45) is 0 Å². The third-order valence-corrected chi connectivity index (χ3v) is 4.45. The molecule has 0 aliphatic rings. The Bertz CT molecular complexity index is 819. The van der Waals surface area contributed by atoms with Crippen LogP contribution in [0.2, 0.25) is 0 Å². The molecule has 2 aromatic carbocycles. The summed E-state index contributed by atoms with van der Waals surface area (Å²) in [7, 11) is 0. The Hall–Kier alpha value is -2.60. The van der Waals surface area contributed by atoms with Gasteiger partial charge in [0.2, 0.25) is 0 Å². The SMILES string of the molecule is CCOC(=O)CCSc1nnc(-c2ccccc2)n1-c1ccccc1. The largest absolute Gasteiger partial charge is 0.466 e. The summed E-state index contributed by atoms with van der Waals surface area (Å²) in [6.45, 7) is 2.21. The predicted molar refractivity (Wildman–Crippen MR) is 98.8 cm³/mol. The van der Waals surface area contributed by atoms with Crippen LogP contribution in [0.5, 0.6) is 0 Å². The highest BCUT2D eigenvalue weighted by atomic mass is 32.2. The van der Waals surface area contributed by atoms with E-state index in [1.54, 1.807) is 0 Å². The number of thioether (sulfide) groups is 1. The van der Waals surface area contributed by atoms with Crippen LogP contribution < -0.4 is 0 Å². The van der Waals surface area contributed by atoms with E-state index in [0.717, 1.165) is 22.2 Å². The van der Waals surface area contributed by atoms with E-state index >= 15 is 0 Å². The monoisotopic (exact) mass is 353 g/mol. The molecular weight excluding hydrogens is 334 g/mol. The average molecular weight is 353 g/mol. The lowest BCUT2D eigenvalue weighted by atomic mass is 10.2. The Morgan fingerprint density at radius 1 is 1.04 bits per heavy atom. The molecule has 6 heteroatoms. The maximum Gasteiger partial charge on any atom is 0.306 e. The van der Waals surface area contributed by atoms with E-state index < -0.39 is 0 Å². The van der Waals surface area contributed by atoms with E-state index in [2.05, 4.69) is 10.2 Å². The predicted octanol–water partition coefficient (Wildman–Crippen LogP) is 3.98. The summed E-state index contributed by atoms with van der Waals surface area (Å²) in [4.78, 5) is 11.5. The zero-order valence-corrected chi connectivity index (χ0v) is 14.8. The van der Waals surface area contributed by atoms with Crippen molar-refractivity contribution in [1.29, 1.82) is 0 Å². The molecule has 0 unspecified atom stereocenters. The number of esters is 1. The molecule has 0 saturated heterocycles. The van der Waals surface area contributed by atoms with E-state index in [9.17, 15) is 4.79 Å². The molecule has 25 heavy (non-hydrogen) atoms. The molecule has 1 aromatic heterocycles. The van der Waals surface area contributed by atoms with Gasteiger partial charge in [0.05, 0.1) is 13.0 Å². The number of nitrogens with zero attached hydrogens (tertiary/aromatic N) is 3. The van der Waals surface area contributed by atoms with Gasteiger partial charge >= 0.3 is 5.97 Å². The highest BCUT2D eigenvalue weighted by Crippen LogP contribution is 2.28. The molecule has 0 fully saturated rings. The van der Waals surface area contributed by atoms with Gasteiger partial charge in [-0.25, -0.2) is 0 Å². The minimum Gasteiger partial charge on any atom is -0.466 e. The van der Waals surface area contributed by atoms with Gasteiger partial charge in [-0.2, -0.15) is 0 Å². The molecule has 5 nitrogen and oxygen atoms in total. The molecule has 0 spiro atoms. The van der Waals surface area contributed by atoms with Gasteiger partial charge in [-0.1, -0.05) is 60.3 Å². The van der Waals surface area contributed by atoms with Crippen molar-refractivity contribution in [3.63, 3.8) is 0 Å². The topological polar surface area (TPSA) is 57.0 Å². The van der Waals surface area contributed by atoms with Crippen LogP contribution in [-0.4, -0.2) is 33.1 Å². The van der Waals surface area contributed by atoms with Gasteiger partial charge in [0.15, 0.2) is 11.0 Å². The molecule has 0 N–H and O–H groups in total. The molecule has 0 bridgehead atoms. The number of carbonyl (C=O) groups is 1. The molecule has 0 aliphatic heterocycles. The van der Waals surface area contributed by atoms with E-state index in [1.807, 2.05) is 72.2 Å². The fourth-order valence-electron chi connectivity index (χ4n) is 2.41. The van der Waals surface area contributed by atoms with Crippen LogP contribution in [-0.2, 0) is 9.53 Å². The van der Waals surface area contributed by atoms with Crippen LogP contribution in [0, 0.1) is 0 Å². The maximum atomic E-state index is 11.5. The molecule has 0 radical (unpaired) electrons. The van der Waals surface area contributed by atoms with E-state index in [0.29, 0.717) is 18.8 Å². The molecule has 0 atom stereocenters. The standard InChI is InChI=1S/C19H19N3O2S/c1-2-24-17(23)13-14-25-19-21-20-18(15-9-5-3-6-10-15)22(19)16-11-7-4-8-12-16/h3-12H,2,13-14H2,1H3. The number of carbonyl (C=O) groups excluding carboxylic acids is 1. The Morgan fingerprint density at radius 3 is 2.40 bits per heavy atom. The summed E-state index contributed by atoms with van der Waals surface area (Å²) in [5.41, 5.74) is 1.99. The Balaban J connectivity index is 1.88. The number of hydrogen-bond acceptors (Lipinski definition) is 5. The highest BCUT2D eigenvalue weighted by molar-refractivity contribution is 7.99. The molecule has 3 aromatic rings. The average Bonchev–Trinajstić information content (AvgIpc) is 3.07. The quantitative estimate of drug-likeness (QED) is 0.475. The first-order valence-electron chi connectivity index (χ1n) is 8.14. The van der Waals surface area contributed by atoms with Crippen molar-refractivity contribution in [2.75, 3.05) is 12.4 Å². The lowest BCUT2D eigenvalue weighted by molar-refractivity contribution is -0.142. The van der Waals surface area contributed by atoms with Gasteiger partial charge in [0.1, 0.15) is 0 Å². The maximum absolute atomic E-state index is 11.5. The van der Waals surface area contributed by atoms with Gasteiger partial charge in [-0.3, -0.25) is 9.36 Å². The third-order valence-electron chi connectivity index (χ3n) is 3.52. The Morgan fingerprint density at radius 2 is 1.72 bits per heavy atom. The zero-order valence-electron chi connectivity index (χ0n) is 14.0. The van der Waals surface area contributed by atoms with E-state index in [1.165, 1.54) is 11.8 Å². The molecule has 0 aliphatic carbocycles. The van der Waals surface area contributed by atoms with Crippen molar-refractivity contribution in [2.45, 2.75) is 18.5 Å². The van der Waals surface area contributed by atoms with Gasteiger partial charge < -0.3 is 4.74 Å². The molecular formula is C19H19N3O2S. The second-order valence-electron chi connectivity index (χ2n) is 5.25. The Kier molecular flexibility index (Phi) is 5.85. The number of ether oxygens (including phenoxy) is 1. The van der Waals surface area contributed by atoms with E-state index in [-0.39, 0.29) is 5.97 Å². The number of aromatic nitrogens is 3. The minimum absolute atomic E-state index is 0.191. The van der Waals surface area contributed by atoms with Crippen LogP contribution >= 0.6 is 11.8 Å². The molecule has 1 heterocycles. The van der Waals surface area contributed by atoms with Crippen LogP contribution in [0.3, 0.4) is 0 Å². The molecule has 128 valence electrons. The lowest BCUT2D eigenvalue weighted by Gasteiger charge is -2.10. The van der Waals surface area contributed by atoms with Gasteiger partial charge in [0.25, 0.3) is 0 Å². The smallest absolute Gasteiger partial charge is 0.306 e. The van der Waals surface area contributed by atoms with Crippen molar-refractivity contribution in [1.82, 2.24) is 14.8 Å². The summed E-state index contributed by atoms with van der Waals surface area (Å²) < 4.78 is 6.99. The van der Waals surface area contributed by atoms with Gasteiger partial charge in [-0.05, 0) is 19.1 Å². The fraction of sp³-hybridized carbons (Fsp3) is 0.211. The van der Waals surface area contributed by atoms with Crippen LogP contribution in [0.25, 0.3) is 17.1 Å². The second kappa shape index (κ2) is 8.48. The highest BCUT2D eigenvalue weighted by Gasteiger charge is 2.16. The van der Waals surface area contributed by atoms with Crippen LogP contribution in [0.15, 0.2) is 65.8 Å². The van der Waals surface area contributed by atoms with Crippen molar-refractivity contribution >= 4 is 17.7 Å². The number of benzene rings is 2. The first-order chi connectivity index (χ1) is 12.3. The van der Waals surface area contributed by atoms with Crippen molar-refractivity contribution < 1.29 is 9.53 Å². The zero-order chi connectivity index (χ0) is 17.5. The number of rotatable bonds is 7. The molecule has 0 amide bonds. The lowest BCUT2D eigenvalue weighted by Crippen LogP contribution is -2.05. The Labute approximate surface area is 151 Å². The summed E-state index contributed by atoms with van der Waals surface area (Å²) in [5, 5.41) is 9.47. The summed E-state index contributed by atoms with van der Waals surface area (Å²) >= 11 is 1.50. The van der Waals surface area contributed by atoms with Crippen molar-refractivity contribution in [3.8, 4) is 17.1 Å².